The molecule has 0 unspecified atom stereocenters. The van der Waals surface area contributed by atoms with Gasteiger partial charge >= 0.3 is 0 Å². The molecule has 0 fully saturated rings. The van der Waals surface area contributed by atoms with Crippen molar-refractivity contribution in [2.45, 2.75) is 40.5 Å². The molecule has 0 saturated heterocycles. The second kappa shape index (κ2) is 7.82. The first-order valence-corrected chi connectivity index (χ1v) is 7.03. The molecule has 0 aliphatic carbocycles. The number of benzene rings is 1. The first-order valence-electron chi connectivity index (χ1n) is 7.03. The van der Waals surface area contributed by atoms with E-state index in [4.69, 9.17) is 4.74 Å². The van der Waals surface area contributed by atoms with Gasteiger partial charge in [0.1, 0.15) is 5.75 Å². The highest BCUT2D eigenvalue weighted by Crippen LogP contribution is 2.15. The second-order valence-corrected chi connectivity index (χ2v) is 5.10. The molecule has 0 heterocycles. The molecule has 19 heavy (non-hydrogen) atoms. The summed E-state index contributed by atoms with van der Waals surface area (Å²) in [6.07, 6.45) is 2.18. The number of nitrogens with one attached hydrogen (secondary N) is 1. The molecule has 3 nitrogen and oxygen atoms in total. The third kappa shape index (κ3) is 5.77. The van der Waals surface area contributed by atoms with Crippen molar-refractivity contribution in [1.82, 2.24) is 5.32 Å². The summed E-state index contributed by atoms with van der Waals surface area (Å²) in [6.45, 7) is 9.16. The van der Waals surface area contributed by atoms with Gasteiger partial charge in [-0.3, -0.25) is 4.79 Å². The molecular weight excluding hydrogens is 238 g/mol. The molecule has 0 bridgehead atoms. The molecule has 0 atom stereocenters. The molecule has 1 amide bonds. The molecule has 0 radical (unpaired) electrons. The number of ether oxygens (including phenoxy) is 1. The topological polar surface area (TPSA) is 38.3 Å². The van der Waals surface area contributed by atoms with E-state index < -0.39 is 0 Å². The van der Waals surface area contributed by atoms with Crippen molar-refractivity contribution in [3.8, 4) is 5.75 Å². The number of aryl methyl sites for hydroxylation is 2. The van der Waals surface area contributed by atoms with E-state index in [1.807, 2.05) is 26.0 Å². The highest BCUT2D eigenvalue weighted by atomic mass is 16.5. The van der Waals surface area contributed by atoms with Crippen LogP contribution in [0.3, 0.4) is 0 Å². The van der Waals surface area contributed by atoms with Crippen molar-refractivity contribution in [3.63, 3.8) is 0 Å². The van der Waals surface area contributed by atoms with E-state index in [1.54, 1.807) is 0 Å². The van der Waals surface area contributed by atoms with E-state index in [1.165, 1.54) is 0 Å². The van der Waals surface area contributed by atoms with Gasteiger partial charge in [-0.1, -0.05) is 32.8 Å². The van der Waals surface area contributed by atoms with Crippen LogP contribution in [0.25, 0.3) is 0 Å². The molecule has 0 aliphatic heterocycles. The number of rotatable bonds is 7. The fraction of sp³-hybridized carbons (Fsp3) is 0.562. The molecular formula is C16H25NO2. The predicted molar refractivity (Wildman–Crippen MR) is 78.5 cm³/mol. The summed E-state index contributed by atoms with van der Waals surface area (Å²) in [5.41, 5.74) is 2.29. The Hall–Kier alpha value is -1.51. The first kappa shape index (κ1) is 15.5. The third-order valence-corrected chi connectivity index (χ3v) is 3.31. The highest BCUT2D eigenvalue weighted by molar-refractivity contribution is 5.77. The summed E-state index contributed by atoms with van der Waals surface area (Å²) in [5, 5.41) is 2.92. The maximum atomic E-state index is 11.7. The van der Waals surface area contributed by atoms with E-state index in [0.29, 0.717) is 5.92 Å². The van der Waals surface area contributed by atoms with Crippen LogP contribution in [0, 0.1) is 19.8 Å². The van der Waals surface area contributed by atoms with Gasteiger partial charge in [0.15, 0.2) is 6.61 Å². The number of amides is 1. The zero-order chi connectivity index (χ0) is 14.3. The van der Waals surface area contributed by atoms with Crippen LogP contribution in [0.5, 0.6) is 5.75 Å². The Kier molecular flexibility index (Phi) is 6.40. The van der Waals surface area contributed by atoms with Gasteiger partial charge in [-0.15, -0.1) is 0 Å². The Morgan fingerprint density at radius 3 is 2.26 bits per heavy atom. The minimum absolute atomic E-state index is 0.0499. The summed E-state index contributed by atoms with van der Waals surface area (Å²) < 4.78 is 5.52. The fourth-order valence-corrected chi connectivity index (χ4v) is 2.05. The number of hydrogen-bond acceptors (Lipinski definition) is 2. The van der Waals surface area contributed by atoms with Crippen molar-refractivity contribution in [1.29, 1.82) is 0 Å². The standard InChI is InChI=1S/C16H25NO2/c1-5-14(6-2)10-17-16(18)11-19-15-8-12(3)7-13(4)9-15/h7-9,14H,5-6,10-11H2,1-4H3,(H,17,18). The van der Waals surface area contributed by atoms with Crippen LogP contribution in [0.2, 0.25) is 0 Å². The summed E-state index contributed by atoms with van der Waals surface area (Å²) >= 11 is 0. The zero-order valence-electron chi connectivity index (χ0n) is 12.5. The molecule has 3 heteroatoms. The van der Waals surface area contributed by atoms with Crippen molar-refractivity contribution in [2.24, 2.45) is 5.92 Å². The van der Waals surface area contributed by atoms with Gasteiger partial charge < -0.3 is 10.1 Å². The summed E-state index contributed by atoms with van der Waals surface area (Å²) in [7, 11) is 0. The zero-order valence-corrected chi connectivity index (χ0v) is 12.5. The van der Waals surface area contributed by atoms with Gasteiger partial charge in [0.2, 0.25) is 0 Å². The minimum Gasteiger partial charge on any atom is -0.484 e. The summed E-state index contributed by atoms with van der Waals surface area (Å²) in [6, 6.07) is 5.97. The number of hydrogen-bond donors (Lipinski definition) is 1. The quantitative estimate of drug-likeness (QED) is 0.820. The van der Waals surface area contributed by atoms with Crippen molar-refractivity contribution < 1.29 is 9.53 Å². The normalized spacial score (nSPS) is 10.6. The van der Waals surface area contributed by atoms with Crippen molar-refractivity contribution in [2.75, 3.05) is 13.2 Å². The van der Waals surface area contributed by atoms with Crippen molar-refractivity contribution in [3.05, 3.63) is 29.3 Å². The fourth-order valence-electron chi connectivity index (χ4n) is 2.05. The average molecular weight is 263 g/mol. The lowest BCUT2D eigenvalue weighted by molar-refractivity contribution is -0.123. The molecule has 0 aromatic heterocycles. The van der Waals surface area contributed by atoms with E-state index >= 15 is 0 Å². The molecule has 1 aromatic rings. The van der Waals surface area contributed by atoms with Gasteiger partial charge in [0.05, 0.1) is 0 Å². The molecule has 106 valence electrons. The lowest BCUT2D eigenvalue weighted by Crippen LogP contribution is -2.32. The Labute approximate surface area is 116 Å². The lowest BCUT2D eigenvalue weighted by Gasteiger charge is -2.13. The van der Waals surface area contributed by atoms with Crippen LogP contribution >= 0.6 is 0 Å². The molecule has 0 spiro atoms. The Balaban J connectivity index is 2.37. The van der Waals surface area contributed by atoms with Gasteiger partial charge in [-0.2, -0.15) is 0 Å². The van der Waals surface area contributed by atoms with Crippen LogP contribution in [0.4, 0.5) is 0 Å². The molecule has 0 aliphatic rings. The summed E-state index contributed by atoms with van der Waals surface area (Å²) in [4.78, 5) is 11.7. The van der Waals surface area contributed by atoms with Crippen LogP contribution in [-0.2, 0) is 4.79 Å². The molecule has 1 aromatic carbocycles. The van der Waals surface area contributed by atoms with Gasteiger partial charge in [0.25, 0.3) is 5.91 Å². The van der Waals surface area contributed by atoms with Crippen LogP contribution in [-0.4, -0.2) is 19.1 Å². The number of carbonyl (C=O) groups excluding carboxylic acids is 1. The maximum absolute atomic E-state index is 11.7. The second-order valence-electron chi connectivity index (χ2n) is 5.10. The average Bonchev–Trinajstić information content (AvgIpc) is 2.36. The lowest BCUT2D eigenvalue weighted by atomic mass is 10.0. The maximum Gasteiger partial charge on any atom is 0.257 e. The number of carbonyl (C=O) groups is 1. The van der Waals surface area contributed by atoms with Crippen molar-refractivity contribution >= 4 is 5.91 Å². The van der Waals surface area contributed by atoms with Crippen LogP contribution in [0.1, 0.15) is 37.8 Å². The summed E-state index contributed by atoms with van der Waals surface area (Å²) in [5.74, 6) is 1.27. The smallest absolute Gasteiger partial charge is 0.257 e. The van der Waals surface area contributed by atoms with E-state index in [9.17, 15) is 4.79 Å². The molecule has 1 rings (SSSR count). The Morgan fingerprint density at radius 2 is 1.74 bits per heavy atom. The SMILES string of the molecule is CCC(CC)CNC(=O)COc1cc(C)cc(C)c1. The molecule has 0 saturated carbocycles. The predicted octanol–water partition coefficient (Wildman–Crippen LogP) is 3.23. The van der Waals surface area contributed by atoms with E-state index in [-0.39, 0.29) is 12.5 Å². The first-order chi connectivity index (χ1) is 9.05. The minimum atomic E-state index is -0.0499. The monoisotopic (exact) mass is 263 g/mol. The van der Waals surface area contributed by atoms with Crippen LogP contribution in [0.15, 0.2) is 18.2 Å². The highest BCUT2D eigenvalue weighted by Gasteiger charge is 2.07. The van der Waals surface area contributed by atoms with E-state index in [2.05, 4.69) is 25.2 Å². The van der Waals surface area contributed by atoms with Gasteiger partial charge in [0, 0.05) is 6.54 Å². The van der Waals surface area contributed by atoms with E-state index in [0.717, 1.165) is 36.3 Å². The molecule has 1 N–H and O–H groups in total. The largest absolute Gasteiger partial charge is 0.484 e. The Morgan fingerprint density at radius 1 is 1.16 bits per heavy atom. The Bertz CT molecular complexity index is 391. The van der Waals surface area contributed by atoms with Gasteiger partial charge in [-0.05, 0) is 43.0 Å². The third-order valence-electron chi connectivity index (χ3n) is 3.31. The van der Waals surface area contributed by atoms with Gasteiger partial charge in [-0.25, -0.2) is 0 Å². The van der Waals surface area contributed by atoms with Crippen LogP contribution < -0.4 is 10.1 Å².